The number of nitrogens with two attached hydrogens (primary N) is 1. The smallest absolute Gasteiger partial charge is 0.305 e. The molecule has 0 heterocycles. The Bertz CT molecular complexity index is 231. The number of carbonyl (C=O) groups excluding carboxylic acids is 1. The third-order valence-corrected chi connectivity index (χ3v) is 2.51. The molecule has 1 amide bonds. The van der Waals surface area contributed by atoms with Gasteiger partial charge in [0.15, 0.2) is 0 Å². The Labute approximate surface area is 96.6 Å². The average Bonchev–Trinajstić information content (AvgIpc) is 2.18. The number of carboxylic acids is 1. The van der Waals surface area contributed by atoms with Crippen LogP contribution in [-0.4, -0.2) is 41.0 Å². The van der Waals surface area contributed by atoms with Crippen LogP contribution in [0.5, 0.6) is 0 Å². The molecule has 0 aromatic heterocycles. The summed E-state index contributed by atoms with van der Waals surface area (Å²) < 4.78 is 0. The highest BCUT2D eigenvalue weighted by Crippen LogP contribution is 2.08. The number of hydrogen-bond acceptors (Lipinski definition) is 3. The second kappa shape index (κ2) is 8.10. The van der Waals surface area contributed by atoms with Gasteiger partial charge in [0.05, 0.1) is 6.42 Å². The number of rotatable bonds is 8. The first-order valence-corrected chi connectivity index (χ1v) is 5.74. The van der Waals surface area contributed by atoms with Crippen LogP contribution in [0.2, 0.25) is 0 Å². The van der Waals surface area contributed by atoms with Crippen molar-refractivity contribution < 1.29 is 14.7 Å². The molecule has 1 atom stereocenters. The van der Waals surface area contributed by atoms with Gasteiger partial charge in [-0.25, -0.2) is 0 Å². The zero-order valence-electron chi connectivity index (χ0n) is 10.1. The molecule has 5 nitrogen and oxygen atoms in total. The number of unbranched alkanes of at least 4 members (excludes halogenated alkanes) is 1. The summed E-state index contributed by atoms with van der Waals surface area (Å²) in [4.78, 5) is 23.9. The summed E-state index contributed by atoms with van der Waals surface area (Å²) in [5, 5.41) is 8.67. The fourth-order valence-corrected chi connectivity index (χ4v) is 1.66. The van der Waals surface area contributed by atoms with Crippen LogP contribution in [0.15, 0.2) is 0 Å². The van der Waals surface area contributed by atoms with Gasteiger partial charge in [0.25, 0.3) is 0 Å². The number of hydrogen-bond donors (Lipinski definition) is 2. The molecule has 0 aromatic carbocycles. The van der Waals surface area contributed by atoms with Gasteiger partial charge in [-0.15, -0.1) is 0 Å². The number of amides is 1. The minimum atomic E-state index is -0.874. The number of nitrogens with zero attached hydrogens (tertiary/aromatic N) is 1. The molecule has 0 aromatic rings. The van der Waals surface area contributed by atoms with Gasteiger partial charge in [-0.3, -0.25) is 9.59 Å². The van der Waals surface area contributed by atoms with Gasteiger partial charge in [0, 0.05) is 19.0 Å². The second-order valence-electron chi connectivity index (χ2n) is 3.87. The molecule has 16 heavy (non-hydrogen) atoms. The second-order valence-corrected chi connectivity index (χ2v) is 3.87. The first-order valence-electron chi connectivity index (χ1n) is 5.74. The van der Waals surface area contributed by atoms with Crippen molar-refractivity contribution >= 4 is 11.9 Å². The maximum atomic E-state index is 11.8. The van der Waals surface area contributed by atoms with Crippen LogP contribution in [0.25, 0.3) is 0 Å². The Morgan fingerprint density at radius 2 is 2.00 bits per heavy atom. The van der Waals surface area contributed by atoms with E-state index in [0.717, 1.165) is 12.8 Å². The molecule has 0 radical (unpaired) electrons. The fourth-order valence-electron chi connectivity index (χ4n) is 1.66. The van der Waals surface area contributed by atoms with Gasteiger partial charge in [0.1, 0.15) is 0 Å². The summed E-state index contributed by atoms with van der Waals surface area (Å²) in [5.74, 6) is -0.856. The maximum Gasteiger partial charge on any atom is 0.305 e. The maximum absolute atomic E-state index is 11.8. The summed E-state index contributed by atoms with van der Waals surface area (Å²) in [5.41, 5.74) is 5.35. The van der Waals surface area contributed by atoms with E-state index < -0.39 is 5.97 Å². The molecular weight excluding hydrogens is 208 g/mol. The van der Waals surface area contributed by atoms with E-state index in [1.54, 1.807) is 11.8 Å². The molecule has 0 saturated heterocycles. The van der Waals surface area contributed by atoms with Gasteiger partial charge in [-0.05, 0) is 33.2 Å². The lowest BCUT2D eigenvalue weighted by atomic mass is 10.1. The lowest BCUT2D eigenvalue weighted by Gasteiger charge is -2.27. The highest BCUT2D eigenvalue weighted by atomic mass is 16.4. The molecule has 1 unspecified atom stereocenters. The van der Waals surface area contributed by atoms with Crippen LogP contribution >= 0.6 is 0 Å². The minimum absolute atomic E-state index is 0.00350. The summed E-state index contributed by atoms with van der Waals surface area (Å²) in [6, 6.07) is -0.243. The van der Waals surface area contributed by atoms with E-state index in [2.05, 4.69) is 0 Å². The zero-order chi connectivity index (χ0) is 12.6. The molecule has 0 spiro atoms. The molecule has 94 valence electrons. The zero-order valence-corrected chi connectivity index (χ0v) is 10.1. The highest BCUT2D eigenvalue weighted by Gasteiger charge is 2.19. The Hall–Kier alpha value is -1.10. The predicted octanol–water partition coefficient (Wildman–Crippen LogP) is 0.827. The molecule has 0 fully saturated rings. The summed E-state index contributed by atoms with van der Waals surface area (Å²) in [6.07, 6.45) is 2.05. The Morgan fingerprint density at radius 3 is 2.44 bits per heavy atom. The molecule has 3 N–H and O–H groups in total. The van der Waals surface area contributed by atoms with Crippen LogP contribution in [0.4, 0.5) is 0 Å². The van der Waals surface area contributed by atoms with E-state index in [-0.39, 0.29) is 18.4 Å². The van der Waals surface area contributed by atoms with Crippen LogP contribution in [-0.2, 0) is 9.59 Å². The normalized spacial score (nSPS) is 12.2. The number of carbonyl (C=O) groups is 2. The van der Waals surface area contributed by atoms with E-state index in [1.165, 1.54) is 0 Å². The predicted molar refractivity (Wildman–Crippen MR) is 62.0 cm³/mol. The van der Waals surface area contributed by atoms with Crippen molar-refractivity contribution in [2.45, 2.75) is 45.6 Å². The van der Waals surface area contributed by atoms with Gasteiger partial charge in [-0.1, -0.05) is 0 Å². The fraction of sp³-hybridized carbons (Fsp3) is 0.818. The third-order valence-electron chi connectivity index (χ3n) is 2.51. The third kappa shape index (κ3) is 5.70. The topological polar surface area (TPSA) is 83.6 Å². The van der Waals surface area contributed by atoms with Crippen molar-refractivity contribution in [2.75, 3.05) is 13.1 Å². The van der Waals surface area contributed by atoms with E-state index in [4.69, 9.17) is 10.8 Å². The molecule has 0 bridgehead atoms. The van der Waals surface area contributed by atoms with Crippen molar-refractivity contribution in [1.82, 2.24) is 4.90 Å². The molecule has 0 aliphatic carbocycles. The highest BCUT2D eigenvalue weighted by molar-refractivity contribution is 5.77. The van der Waals surface area contributed by atoms with Crippen LogP contribution < -0.4 is 5.73 Å². The largest absolute Gasteiger partial charge is 0.481 e. The monoisotopic (exact) mass is 230 g/mol. The molecule has 5 heteroatoms. The van der Waals surface area contributed by atoms with E-state index in [1.807, 2.05) is 6.92 Å². The lowest BCUT2D eigenvalue weighted by Crippen LogP contribution is -2.39. The average molecular weight is 230 g/mol. The SMILES string of the molecule is CCN(C(=O)CCCCN)C(C)CC(=O)O. The molecular formula is C11H22N2O3. The number of aliphatic carboxylic acids is 1. The van der Waals surface area contributed by atoms with Crippen LogP contribution in [0.1, 0.15) is 39.5 Å². The van der Waals surface area contributed by atoms with Crippen molar-refractivity contribution in [1.29, 1.82) is 0 Å². The molecule has 0 aliphatic rings. The van der Waals surface area contributed by atoms with E-state index >= 15 is 0 Å². The van der Waals surface area contributed by atoms with Crippen molar-refractivity contribution in [3.63, 3.8) is 0 Å². The lowest BCUT2D eigenvalue weighted by molar-refractivity contribution is -0.140. The van der Waals surface area contributed by atoms with Gasteiger partial charge >= 0.3 is 5.97 Å². The molecule has 0 saturated carbocycles. The van der Waals surface area contributed by atoms with Crippen molar-refractivity contribution in [3.05, 3.63) is 0 Å². The van der Waals surface area contributed by atoms with Gasteiger partial charge in [0.2, 0.25) is 5.91 Å². The van der Waals surface area contributed by atoms with E-state index in [9.17, 15) is 9.59 Å². The van der Waals surface area contributed by atoms with Gasteiger partial charge < -0.3 is 15.7 Å². The Morgan fingerprint density at radius 1 is 1.38 bits per heavy atom. The van der Waals surface area contributed by atoms with Crippen molar-refractivity contribution in [2.24, 2.45) is 5.73 Å². The standard InChI is InChI=1S/C11H22N2O3/c1-3-13(9(2)8-11(15)16)10(14)6-4-5-7-12/h9H,3-8,12H2,1-2H3,(H,15,16). The molecule has 0 aliphatic heterocycles. The first kappa shape index (κ1) is 14.9. The van der Waals surface area contributed by atoms with Crippen LogP contribution in [0, 0.1) is 0 Å². The Balaban J connectivity index is 4.14. The Kier molecular flexibility index (Phi) is 7.54. The van der Waals surface area contributed by atoms with Gasteiger partial charge in [-0.2, -0.15) is 0 Å². The first-order chi connectivity index (χ1) is 7.52. The summed E-state index contributed by atoms with van der Waals surface area (Å²) in [6.45, 7) is 4.76. The summed E-state index contributed by atoms with van der Waals surface area (Å²) in [7, 11) is 0. The van der Waals surface area contributed by atoms with Crippen LogP contribution in [0.3, 0.4) is 0 Å². The molecule has 0 rings (SSSR count). The quantitative estimate of drug-likeness (QED) is 0.605. The van der Waals surface area contributed by atoms with Crippen molar-refractivity contribution in [3.8, 4) is 0 Å². The van der Waals surface area contributed by atoms with E-state index in [0.29, 0.717) is 19.5 Å². The number of carboxylic acid groups (broad SMARTS) is 1. The summed E-state index contributed by atoms with van der Waals surface area (Å²) >= 11 is 0. The minimum Gasteiger partial charge on any atom is -0.481 e.